The first-order valence-corrected chi connectivity index (χ1v) is 12.0. The van der Waals surface area contributed by atoms with E-state index in [1.807, 2.05) is 24.3 Å². The van der Waals surface area contributed by atoms with Crippen molar-refractivity contribution in [3.63, 3.8) is 0 Å². The van der Waals surface area contributed by atoms with E-state index in [1.54, 1.807) is 60.7 Å². The molecule has 0 amide bonds. The molecule has 0 saturated heterocycles. The molecule has 0 bridgehead atoms. The summed E-state index contributed by atoms with van der Waals surface area (Å²) >= 11 is 0. The number of halogens is 3. The number of anilines is 1. The fourth-order valence-corrected chi connectivity index (χ4v) is 4.18. The number of nitrogens with one attached hydrogen (secondary N) is 1. The number of nitrogens with two attached hydrogens (primary N) is 1. The van der Waals surface area contributed by atoms with E-state index in [0.717, 1.165) is 11.1 Å². The Hall–Kier alpha value is -4.30. The molecule has 4 aromatic carbocycles. The molecule has 4 N–H and O–H groups in total. The van der Waals surface area contributed by atoms with Crippen LogP contribution in [0.2, 0.25) is 0 Å². The predicted octanol–water partition coefficient (Wildman–Crippen LogP) is 6.73. The molecule has 8 heteroatoms. The van der Waals surface area contributed by atoms with Gasteiger partial charge in [-0.05, 0) is 70.3 Å². The van der Waals surface area contributed by atoms with Crippen molar-refractivity contribution in [3.05, 3.63) is 119 Å². The number of carbonyl (C=O) groups is 1. The quantitative estimate of drug-likeness (QED) is 0.216. The lowest BCUT2D eigenvalue weighted by molar-refractivity contribution is -0.144. The van der Waals surface area contributed by atoms with Crippen LogP contribution in [0.15, 0.2) is 97.1 Å². The van der Waals surface area contributed by atoms with Crippen molar-refractivity contribution in [2.24, 2.45) is 5.73 Å². The number of hydrogen-bond donors (Lipinski definition) is 3. The standard InChI is InChI=1S/C30H27F3N2O3/c31-30(32,33)29(35-26-10-2-1-3-11-26)25-15-21(14-24(16-25)22-9-6-7-20(13-22)18-34)19-38-27-12-5-4-8-23(27)17-28(36)37/h1-16,29,35H,17-19,34H2,(H,36,37). The summed E-state index contributed by atoms with van der Waals surface area (Å²) in [6.07, 6.45) is -4.82. The largest absolute Gasteiger partial charge is 0.489 e. The lowest BCUT2D eigenvalue weighted by atomic mass is 9.95. The fourth-order valence-electron chi connectivity index (χ4n) is 4.18. The topological polar surface area (TPSA) is 84.6 Å². The van der Waals surface area contributed by atoms with Gasteiger partial charge >= 0.3 is 12.1 Å². The van der Waals surface area contributed by atoms with Crippen molar-refractivity contribution in [1.29, 1.82) is 0 Å². The molecule has 1 unspecified atom stereocenters. The highest BCUT2D eigenvalue weighted by Crippen LogP contribution is 2.38. The predicted molar refractivity (Wildman–Crippen MR) is 141 cm³/mol. The molecular formula is C30H27F3N2O3. The van der Waals surface area contributed by atoms with Crippen molar-refractivity contribution >= 4 is 11.7 Å². The van der Waals surface area contributed by atoms with Gasteiger partial charge < -0.3 is 20.9 Å². The molecule has 0 aliphatic carbocycles. The second-order valence-electron chi connectivity index (χ2n) is 8.82. The van der Waals surface area contributed by atoms with Crippen molar-refractivity contribution < 1.29 is 27.8 Å². The molecule has 0 aliphatic heterocycles. The Labute approximate surface area is 218 Å². The molecule has 0 radical (unpaired) electrons. The Morgan fingerprint density at radius 1 is 0.868 bits per heavy atom. The molecule has 1 atom stereocenters. The lowest BCUT2D eigenvalue weighted by Crippen LogP contribution is -2.28. The van der Waals surface area contributed by atoms with Gasteiger partial charge in [0.15, 0.2) is 0 Å². The normalized spacial score (nSPS) is 12.1. The fraction of sp³-hybridized carbons (Fsp3) is 0.167. The maximum Gasteiger partial charge on any atom is 0.412 e. The molecule has 5 nitrogen and oxygen atoms in total. The number of benzene rings is 4. The summed E-state index contributed by atoms with van der Waals surface area (Å²) in [6.45, 7) is 0.245. The van der Waals surface area contributed by atoms with E-state index >= 15 is 0 Å². The molecule has 38 heavy (non-hydrogen) atoms. The summed E-state index contributed by atoms with van der Waals surface area (Å²) < 4.78 is 48.9. The maximum absolute atomic E-state index is 14.3. The van der Waals surface area contributed by atoms with Crippen LogP contribution in [0.3, 0.4) is 0 Å². The zero-order chi connectivity index (χ0) is 27.1. The second kappa shape index (κ2) is 11.8. The summed E-state index contributed by atoms with van der Waals surface area (Å²) in [7, 11) is 0. The van der Waals surface area contributed by atoms with E-state index in [9.17, 15) is 23.1 Å². The first kappa shape index (κ1) is 26.8. The molecule has 0 spiro atoms. The van der Waals surface area contributed by atoms with Crippen molar-refractivity contribution in [2.75, 3.05) is 5.32 Å². The van der Waals surface area contributed by atoms with Crippen molar-refractivity contribution in [2.45, 2.75) is 31.8 Å². The third kappa shape index (κ3) is 6.92. The monoisotopic (exact) mass is 520 g/mol. The zero-order valence-corrected chi connectivity index (χ0v) is 20.4. The number of aliphatic carboxylic acids is 1. The average Bonchev–Trinajstić information content (AvgIpc) is 2.91. The van der Waals surface area contributed by atoms with Gasteiger partial charge in [0, 0.05) is 17.8 Å². The van der Waals surface area contributed by atoms with Gasteiger partial charge in [-0.2, -0.15) is 13.2 Å². The van der Waals surface area contributed by atoms with Gasteiger partial charge in [0.2, 0.25) is 0 Å². The number of para-hydroxylation sites is 2. The third-order valence-electron chi connectivity index (χ3n) is 5.97. The van der Waals surface area contributed by atoms with Gasteiger partial charge in [0.1, 0.15) is 18.4 Å². The zero-order valence-electron chi connectivity index (χ0n) is 20.4. The minimum Gasteiger partial charge on any atom is -0.489 e. The molecule has 0 fully saturated rings. The Morgan fingerprint density at radius 2 is 1.58 bits per heavy atom. The molecule has 0 saturated carbocycles. The molecule has 4 rings (SSSR count). The van der Waals surface area contributed by atoms with Crippen LogP contribution in [-0.4, -0.2) is 17.3 Å². The van der Waals surface area contributed by atoms with Crippen LogP contribution in [0.5, 0.6) is 5.75 Å². The Kier molecular flexibility index (Phi) is 8.33. The highest BCUT2D eigenvalue weighted by molar-refractivity contribution is 5.71. The van der Waals surface area contributed by atoms with Crippen LogP contribution in [0.1, 0.15) is 28.3 Å². The molecule has 0 aromatic heterocycles. The van der Waals surface area contributed by atoms with E-state index in [4.69, 9.17) is 10.5 Å². The number of alkyl halides is 3. The number of hydrogen-bond acceptors (Lipinski definition) is 4. The Balaban J connectivity index is 1.75. The molecule has 196 valence electrons. The highest BCUT2D eigenvalue weighted by atomic mass is 19.4. The van der Waals surface area contributed by atoms with E-state index in [-0.39, 0.29) is 18.6 Å². The second-order valence-corrected chi connectivity index (χ2v) is 8.82. The van der Waals surface area contributed by atoms with Crippen LogP contribution < -0.4 is 15.8 Å². The lowest BCUT2D eigenvalue weighted by Gasteiger charge is -2.24. The van der Waals surface area contributed by atoms with E-state index in [0.29, 0.717) is 34.7 Å². The first-order chi connectivity index (χ1) is 18.2. The number of carboxylic acids is 1. The summed E-state index contributed by atoms with van der Waals surface area (Å²) in [4.78, 5) is 11.2. The third-order valence-corrected chi connectivity index (χ3v) is 5.97. The maximum atomic E-state index is 14.3. The minimum atomic E-state index is -4.58. The van der Waals surface area contributed by atoms with Crippen molar-refractivity contribution in [1.82, 2.24) is 0 Å². The van der Waals surface area contributed by atoms with Crippen LogP contribution in [-0.2, 0) is 24.4 Å². The molecular weight excluding hydrogens is 493 g/mol. The van der Waals surface area contributed by atoms with Crippen LogP contribution >= 0.6 is 0 Å². The van der Waals surface area contributed by atoms with Crippen LogP contribution in [0.25, 0.3) is 11.1 Å². The van der Waals surface area contributed by atoms with Gasteiger partial charge in [-0.25, -0.2) is 0 Å². The summed E-state index contributed by atoms with van der Waals surface area (Å²) in [5.41, 5.74) is 9.29. The van der Waals surface area contributed by atoms with Gasteiger partial charge in [-0.15, -0.1) is 0 Å². The Morgan fingerprint density at radius 3 is 2.29 bits per heavy atom. The number of rotatable bonds is 10. The van der Waals surface area contributed by atoms with Gasteiger partial charge in [0.25, 0.3) is 0 Å². The van der Waals surface area contributed by atoms with Gasteiger partial charge in [0.05, 0.1) is 6.42 Å². The summed E-state index contributed by atoms with van der Waals surface area (Å²) in [5.74, 6) is -0.646. The van der Waals surface area contributed by atoms with E-state index in [1.165, 1.54) is 12.1 Å². The smallest absolute Gasteiger partial charge is 0.412 e. The summed E-state index contributed by atoms with van der Waals surface area (Å²) in [5, 5.41) is 11.8. The van der Waals surface area contributed by atoms with Gasteiger partial charge in [-0.3, -0.25) is 4.79 Å². The molecule has 0 heterocycles. The summed E-state index contributed by atoms with van der Waals surface area (Å²) in [6, 6.07) is 25.0. The SMILES string of the molecule is NCc1cccc(-c2cc(COc3ccccc3CC(=O)O)cc(C(Nc3ccccc3)C(F)(F)F)c2)c1. The van der Waals surface area contributed by atoms with Crippen molar-refractivity contribution in [3.8, 4) is 16.9 Å². The highest BCUT2D eigenvalue weighted by Gasteiger charge is 2.41. The Bertz CT molecular complexity index is 1390. The molecule has 0 aliphatic rings. The van der Waals surface area contributed by atoms with Crippen LogP contribution in [0, 0.1) is 0 Å². The van der Waals surface area contributed by atoms with E-state index in [2.05, 4.69) is 5.32 Å². The number of carboxylic acid groups (broad SMARTS) is 1. The van der Waals surface area contributed by atoms with E-state index < -0.39 is 18.2 Å². The van der Waals surface area contributed by atoms with Crippen LogP contribution in [0.4, 0.5) is 18.9 Å². The first-order valence-electron chi connectivity index (χ1n) is 12.0. The average molecular weight is 521 g/mol. The van der Waals surface area contributed by atoms with Gasteiger partial charge in [-0.1, -0.05) is 54.6 Å². The minimum absolute atomic E-state index is 0.0226. The number of ether oxygens (including phenoxy) is 1. The molecule has 4 aromatic rings.